The van der Waals surface area contributed by atoms with Crippen LogP contribution >= 0.6 is 0 Å². The van der Waals surface area contributed by atoms with Gasteiger partial charge >= 0.3 is 0 Å². The Morgan fingerprint density at radius 3 is 2.52 bits per heavy atom. The van der Waals surface area contributed by atoms with Gasteiger partial charge in [0, 0.05) is 23.7 Å². The first-order valence-electron chi connectivity index (χ1n) is 7.46. The van der Waals surface area contributed by atoms with E-state index in [9.17, 15) is 9.59 Å². The van der Waals surface area contributed by atoms with Crippen molar-refractivity contribution in [1.82, 2.24) is 4.57 Å². The maximum atomic E-state index is 12.7. The lowest BCUT2D eigenvalue weighted by Crippen LogP contribution is -2.19. The molecule has 23 heavy (non-hydrogen) atoms. The van der Waals surface area contributed by atoms with Crippen LogP contribution in [0.15, 0.2) is 72.2 Å². The summed E-state index contributed by atoms with van der Waals surface area (Å²) >= 11 is 0. The van der Waals surface area contributed by atoms with Crippen molar-refractivity contribution >= 4 is 16.7 Å². The van der Waals surface area contributed by atoms with Crippen LogP contribution in [0.2, 0.25) is 0 Å². The van der Waals surface area contributed by atoms with Crippen LogP contribution in [0.1, 0.15) is 21.5 Å². The molecule has 114 valence electrons. The van der Waals surface area contributed by atoms with Gasteiger partial charge in [0.15, 0.2) is 5.78 Å². The average Bonchev–Trinajstić information content (AvgIpc) is 2.58. The fourth-order valence-electron chi connectivity index (χ4n) is 2.66. The molecular formula is C20H17NO2. The standard InChI is InChI=1S/C20H17NO2/c1-3-12-21-13-17(19(22)15-10-8-14(2)9-11-15)20(23)16-6-4-5-7-18(16)21/h3-11,13H,1,12H2,2H3. The van der Waals surface area contributed by atoms with Crippen LogP contribution in [0.4, 0.5) is 0 Å². The molecule has 1 aromatic heterocycles. The quantitative estimate of drug-likeness (QED) is 0.544. The van der Waals surface area contributed by atoms with Gasteiger partial charge in [-0.1, -0.05) is 48.0 Å². The second-order valence-electron chi connectivity index (χ2n) is 5.53. The molecule has 0 spiro atoms. The van der Waals surface area contributed by atoms with E-state index in [-0.39, 0.29) is 16.8 Å². The molecule has 0 unspecified atom stereocenters. The lowest BCUT2D eigenvalue weighted by atomic mass is 10.0. The van der Waals surface area contributed by atoms with Crippen LogP contribution < -0.4 is 5.43 Å². The summed E-state index contributed by atoms with van der Waals surface area (Å²) in [6.07, 6.45) is 3.38. The van der Waals surface area contributed by atoms with Crippen molar-refractivity contribution in [2.45, 2.75) is 13.5 Å². The lowest BCUT2D eigenvalue weighted by Gasteiger charge is -2.11. The van der Waals surface area contributed by atoms with Gasteiger partial charge in [-0.15, -0.1) is 6.58 Å². The summed E-state index contributed by atoms with van der Waals surface area (Å²) in [5.74, 6) is -0.251. The molecule has 0 radical (unpaired) electrons. The maximum absolute atomic E-state index is 12.7. The number of hydrogen-bond acceptors (Lipinski definition) is 2. The average molecular weight is 303 g/mol. The Morgan fingerprint density at radius 1 is 1.13 bits per heavy atom. The van der Waals surface area contributed by atoms with Gasteiger partial charge < -0.3 is 4.57 Å². The zero-order valence-electron chi connectivity index (χ0n) is 13.0. The molecule has 0 aliphatic heterocycles. The predicted octanol–water partition coefficient (Wildman–Crippen LogP) is 3.73. The van der Waals surface area contributed by atoms with Gasteiger partial charge in [0.2, 0.25) is 5.43 Å². The highest BCUT2D eigenvalue weighted by atomic mass is 16.1. The fraction of sp³-hybridized carbons (Fsp3) is 0.100. The predicted molar refractivity (Wildman–Crippen MR) is 93.0 cm³/mol. The molecule has 3 heteroatoms. The van der Waals surface area contributed by atoms with E-state index in [1.807, 2.05) is 41.8 Å². The molecule has 0 aliphatic carbocycles. The Morgan fingerprint density at radius 2 is 1.83 bits per heavy atom. The number of benzene rings is 2. The zero-order chi connectivity index (χ0) is 16.4. The second kappa shape index (κ2) is 6.05. The third-order valence-corrected chi connectivity index (χ3v) is 3.87. The molecule has 1 heterocycles. The summed E-state index contributed by atoms with van der Waals surface area (Å²) < 4.78 is 1.88. The number of hydrogen-bond donors (Lipinski definition) is 0. The molecular weight excluding hydrogens is 286 g/mol. The third-order valence-electron chi connectivity index (χ3n) is 3.87. The van der Waals surface area contributed by atoms with Crippen molar-refractivity contribution in [2.24, 2.45) is 0 Å². The van der Waals surface area contributed by atoms with Crippen molar-refractivity contribution in [3.63, 3.8) is 0 Å². The van der Waals surface area contributed by atoms with Gasteiger partial charge in [0.05, 0.1) is 11.1 Å². The van der Waals surface area contributed by atoms with Gasteiger partial charge in [-0.05, 0) is 19.1 Å². The Balaban J connectivity index is 2.23. The Labute approximate surface area is 134 Å². The SMILES string of the molecule is C=CCn1cc(C(=O)c2ccc(C)cc2)c(=O)c2ccccc21. The number of rotatable bonds is 4. The molecule has 0 atom stereocenters. The zero-order valence-corrected chi connectivity index (χ0v) is 13.0. The number of aryl methyl sites for hydroxylation is 1. The van der Waals surface area contributed by atoms with Crippen LogP contribution in [0, 0.1) is 6.92 Å². The van der Waals surface area contributed by atoms with Gasteiger partial charge in [-0.25, -0.2) is 0 Å². The minimum Gasteiger partial charge on any atom is -0.343 e. The van der Waals surface area contributed by atoms with E-state index < -0.39 is 0 Å². The van der Waals surface area contributed by atoms with E-state index in [0.29, 0.717) is 17.5 Å². The summed E-state index contributed by atoms with van der Waals surface area (Å²) in [6, 6.07) is 14.6. The number of ketones is 1. The van der Waals surface area contributed by atoms with E-state index in [1.54, 1.807) is 30.5 Å². The Kier molecular flexibility index (Phi) is 3.94. The van der Waals surface area contributed by atoms with Crippen molar-refractivity contribution in [3.8, 4) is 0 Å². The van der Waals surface area contributed by atoms with Gasteiger partial charge in [0.25, 0.3) is 0 Å². The third kappa shape index (κ3) is 2.73. The smallest absolute Gasteiger partial charge is 0.200 e. The van der Waals surface area contributed by atoms with Crippen molar-refractivity contribution < 1.29 is 4.79 Å². The van der Waals surface area contributed by atoms with Gasteiger partial charge in [-0.3, -0.25) is 9.59 Å². The summed E-state index contributed by atoms with van der Waals surface area (Å²) in [5, 5.41) is 0.548. The fourth-order valence-corrected chi connectivity index (χ4v) is 2.66. The maximum Gasteiger partial charge on any atom is 0.200 e. The van der Waals surface area contributed by atoms with E-state index in [0.717, 1.165) is 11.1 Å². The highest BCUT2D eigenvalue weighted by molar-refractivity contribution is 6.10. The molecule has 2 aromatic carbocycles. The number of carbonyl (C=O) groups excluding carboxylic acids is 1. The van der Waals surface area contributed by atoms with Crippen LogP contribution in [-0.4, -0.2) is 10.4 Å². The number of fused-ring (bicyclic) bond motifs is 1. The topological polar surface area (TPSA) is 39.1 Å². The van der Waals surface area contributed by atoms with E-state index in [4.69, 9.17) is 0 Å². The van der Waals surface area contributed by atoms with Crippen LogP contribution in [0.3, 0.4) is 0 Å². The molecule has 3 aromatic rings. The number of nitrogens with zero attached hydrogens (tertiary/aromatic N) is 1. The first-order chi connectivity index (χ1) is 11.1. The van der Waals surface area contributed by atoms with Crippen LogP contribution in [0.25, 0.3) is 10.9 Å². The van der Waals surface area contributed by atoms with Crippen molar-refractivity contribution in [3.05, 3.63) is 94.3 Å². The Bertz CT molecular complexity index is 950. The highest BCUT2D eigenvalue weighted by Gasteiger charge is 2.16. The molecule has 0 bridgehead atoms. The van der Waals surface area contributed by atoms with Gasteiger partial charge in [0.1, 0.15) is 0 Å². The summed E-state index contributed by atoms with van der Waals surface area (Å²) in [4.78, 5) is 25.4. The molecule has 3 nitrogen and oxygen atoms in total. The molecule has 0 amide bonds. The van der Waals surface area contributed by atoms with Crippen molar-refractivity contribution in [2.75, 3.05) is 0 Å². The number of carbonyl (C=O) groups is 1. The molecule has 0 aliphatic rings. The lowest BCUT2D eigenvalue weighted by molar-refractivity contribution is 0.103. The van der Waals surface area contributed by atoms with E-state index >= 15 is 0 Å². The first-order valence-corrected chi connectivity index (χ1v) is 7.46. The summed E-state index contributed by atoms with van der Waals surface area (Å²) in [5.41, 5.74) is 2.36. The summed E-state index contributed by atoms with van der Waals surface area (Å²) in [7, 11) is 0. The largest absolute Gasteiger partial charge is 0.343 e. The number of aromatic nitrogens is 1. The van der Waals surface area contributed by atoms with Crippen molar-refractivity contribution in [1.29, 1.82) is 0 Å². The number of para-hydroxylation sites is 1. The normalized spacial score (nSPS) is 10.7. The minimum atomic E-state index is -0.251. The molecule has 0 saturated heterocycles. The van der Waals surface area contributed by atoms with Crippen LogP contribution in [0.5, 0.6) is 0 Å². The first kappa shape index (κ1) is 15.0. The molecule has 3 rings (SSSR count). The molecule has 0 saturated carbocycles. The minimum absolute atomic E-state index is 0.189. The Hall–Kier alpha value is -2.94. The second-order valence-corrected chi connectivity index (χ2v) is 5.53. The molecule has 0 fully saturated rings. The number of allylic oxidation sites excluding steroid dienone is 1. The number of pyridine rings is 1. The monoisotopic (exact) mass is 303 g/mol. The van der Waals surface area contributed by atoms with E-state index in [2.05, 4.69) is 6.58 Å². The molecule has 0 N–H and O–H groups in total. The summed E-state index contributed by atoms with van der Waals surface area (Å²) in [6.45, 7) is 6.24. The van der Waals surface area contributed by atoms with E-state index in [1.165, 1.54) is 0 Å². The van der Waals surface area contributed by atoms with Crippen LogP contribution in [-0.2, 0) is 6.54 Å². The van der Waals surface area contributed by atoms with Gasteiger partial charge in [-0.2, -0.15) is 0 Å². The highest BCUT2D eigenvalue weighted by Crippen LogP contribution is 2.15.